The van der Waals surface area contributed by atoms with Gasteiger partial charge in [0.15, 0.2) is 11.1 Å². The van der Waals surface area contributed by atoms with Crippen LogP contribution in [0.25, 0.3) is 0 Å². The lowest BCUT2D eigenvalue weighted by Gasteiger charge is -2.13. The molecule has 0 saturated heterocycles. The van der Waals surface area contributed by atoms with Crippen LogP contribution in [0.4, 0.5) is 13.2 Å². The molecule has 0 saturated carbocycles. The summed E-state index contributed by atoms with van der Waals surface area (Å²) in [6, 6.07) is 0. The second kappa shape index (κ2) is 11.3. The summed E-state index contributed by atoms with van der Waals surface area (Å²) >= 11 is 1.57. The van der Waals surface area contributed by atoms with E-state index in [1.165, 1.54) is 0 Å². The molecule has 0 aliphatic carbocycles. The molecule has 0 aliphatic rings. The van der Waals surface area contributed by atoms with Crippen LogP contribution in [-0.4, -0.2) is 52.8 Å². The minimum atomic E-state index is -4.17. The van der Waals surface area contributed by atoms with Gasteiger partial charge >= 0.3 is 6.18 Å². The predicted octanol–water partition coefficient (Wildman–Crippen LogP) is 3.10. The van der Waals surface area contributed by atoms with Crippen molar-refractivity contribution < 1.29 is 13.2 Å². The smallest absolute Gasteiger partial charge is 0.357 e. The molecule has 1 aromatic heterocycles. The third kappa shape index (κ3) is 8.77. The minimum Gasteiger partial charge on any atom is -0.357 e. The fourth-order valence-corrected chi connectivity index (χ4v) is 2.82. The number of hydrogen-bond donors (Lipinski definition) is 2. The molecular weight excluding hydrogens is 365 g/mol. The third-order valence-corrected chi connectivity index (χ3v) is 4.06. The van der Waals surface area contributed by atoms with Gasteiger partial charge in [-0.3, -0.25) is 4.99 Å². The Kier molecular flexibility index (Phi) is 9.82. The summed E-state index contributed by atoms with van der Waals surface area (Å²) in [5.74, 6) is 1.82. The zero-order valence-electron chi connectivity index (χ0n) is 15.9. The van der Waals surface area contributed by atoms with Crippen molar-refractivity contribution >= 4 is 17.7 Å². The predicted molar refractivity (Wildman–Crippen MR) is 99.6 cm³/mol. The SMILES string of the molecule is CCNC(=NCCCc1nnc(SC)n1CC(C)C)NCCC(F)(F)F. The molecule has 0 atom stereocenters. The van der Waals surface area contributed by atoms with Crippen LogP contribution in [0.5, 0.6) is 0 Å². The quantitative estimate of drug-likeness (QED) is 0.276. The molecule has 0 aromatic carbocycles. The van der Waals surface area contributed by atoms with E-state index in [0.29, 0.717) is 25.0 Å². The highest BCUT2D eigenvalue weighted by Gasteiger charge is 2.26. The van der Waals surface area contributed by atoms with Crippen LogP contribution in [0.2, 0.25) is 0 Å². The van der Waals surface area contributed by atoms with Crippen LogP contribution >= 0.6 is 11.8 Å². The van der Waals surface area contributed by atoms with Gasteiger partial charge in [-0.1, -0.05) is 25.6 Å². The topological polar surface area (TPSA) is 67.1 Å². The van der Waals surface area contributed by atoms with Gasteiger partial charge in [-0.15, -0.1) is 10.2 Å². The Balaban J connectivity index is 2.53. The van der Waals surface area contributed by atoms with E-state index in [-0.39, 0.29) is 6.54 Å². The Hall–Kier alpha value is -1.45. The van der Waals surface area contributed by atoms with Crippen LogP contribution in [0.1, 0.15) is 39.4 Å². The van der Waals surface area contributed by atoms with Gasteiger partial charge in [-0.2, -0.15) is 13.2 Å². The van der Waals surface area contributed by atoms with Crippen molar-refractivity contribution in [3.63, 3.8) is 0 Å². The van der Waals surface area contributed by atoms with E-state index >= 15 is 0 Å². The van der Waals surface area contributed by atoms with Crippen molar-refractivity contribution in [1.29, 1.82) is 0 Å². The van der Waals surface area contributed by atoms with Crippen LogP contribution in [0.15, 0.2) is 10.1 Å². The number of halogens is 3. The number of rotatable bonds is 10. The molecule has 0 aliphatic heterocycles. The highest BCUT2D eigenvalue weighted by atomic mass is 32.2. The monoisotopic (exact) mass is 394 g/mol. The summed E-state index contributed by atoms with van der Waals surface area (Å²) < 4.78 is 38.8. The number of thioether (sulfide) groups is 1. The molecule has 2 N–H and O–H groups in total. The molecule has 150 valence electrons. The summed E-state index contributed by atoms with van der Waals surface area (Å²) in [5, 5.41) is 15.0. The lowest BCUT2D eigenvalue weighted by Crippen LogP contribution is -2.39. The van der Waals surface area contributed by atoms with Gasteiger partial charge in [0.05, 0.1) is 6.42 Å². The standard InChI is InChI=1S/C16H29F3N6S/c1-5-20-14(22-10-8-16(17,18)19)21-9-6-7-13-23-24-15(26-4)25(13)11-12(2)3/h12H,5-11H2,1-4H3,(H2,20,21,22). The van der Waals surface area contributed by atoms with Gasteiger partial charge < -0.3 is 15.2 Å². The normalized spacial score (nSPS) is 12.7. The van der Waals surface area contributed by atoms with Gasteiger partial charge in [0.1, 0.15) is 5.82 Å². The van der Waals surface area contributed by atoms with Crippen molar-refractivity contribution in [2.75, 3.05) is 25.9 Å². The first-order chi connectivity index (χ1) is 12.3. The first kappa shape index (κ1) is 22.6. The van der Waals surface area contributed by atoms with Crippen molar-refractivity contribution in [2.45, 2.75) is 57.9 Å². The molecule has 0 spiro atoms. The van der Waals surface area contributed by atoms with Crippen molar-refractivity contribution in [1.82, 2.24) is 25.4 Å². The van der Waals surface area contributed by atoms with E-state index in [0.717, 1.165) is 30.4 Å². The van der Waals surface area contributed by atoms with Gasteiger partial charge in [0, 0.05) is 32.6 Å². The van der Waals surface area contributed by atoms with Crippen LogP contribution in [0, 0.1) is 5.92 Å². The Labute approximate surface area is 157 Å². The number of aliphatic imine (C=N–C) groups is 1. The number of alkyl halides is 3. The molecule has 1 heterocycles. The van der Waals surface area contributed by atoms with Gasteiger partial charge in [0.2, 0.25) is 0 Å². The van der Waals surface area contributed by atoms with Gasteiger partial charge in [-0.25, -0.2) is 0 Å². The Morgan fingerprint density at radius 3 is 2.58 bits per heavy atom. The van der Waals surface area contributed by atoms with E-state index < -0.39 is 12.6 Å². The lowest BCUT2D eigenvalue weighted by atomic mass is 10.2. The maximum absolute atomic E-state index is 12.2. The van der Waals surface area contributed by atoms with Crippen molar-refractivity contribution in [2.24, 2.45) is 10.9 Å². The number of aryl methyl sites for hydroxylation is 1. The summed E-state index contributed by atoms with van der Waals surface area (Å²) in [6.45, 7) is 7.95. The lowest BCUT2D eigenvalue weighted by molar-refractivity contribution is -0.132. The van der Waals surface area contributed by atoms with Crippen LogP contribution in [-0.2, 0) is 13.0 Å². The van der Waals surface area contributed by atoms with Crippen molar-refractivity contribution in [3.8, 4) is 0 Å². The fourth-order valence-electron chi connectivity index (χ4n) is 2.30. The Bertz CT molecular complexity index is 557. The molecular formula is C16H29F3N6S. The molecule has 0 fully saturated rings. The first-order valence-electron chi connectivity index (χ1n) is 8.81. The highest BCUT2D eigenvalue weighted by Crippen LogP contribution is 2.18. The zero-order valence-corrected chi connectivity index (χ0v) is 16.7. The highest BCUT2D eigenvalue weighted by molar-refractivity contribution is 7.98. The number of nitrogens with one attached hydrogen (secondary N) is 2. The minimum absolute atomic E-state index is 0.185. The number of hydrogen-bond acceptors (Lipinski definition) is 4. The number of aromatic nitrogens is 3. The third-order valence-electron chi connectivity index (χ3n) is 3.40. The molecule has 1 aromatic rings. The molecule has 0 bridgehead atoms. The van der Waals surface area contributed by atoms with E-state index in [4.69, 9.17) is 0 Å². The molecule has 10 heteroatoms. The number of nitrogens with zero attached hydrogens (tertiary/aromatic N) is 4. The molecule has 1 rings (SSSR count). The molecule has 26 heavy (non-hydrogen) atoms. The maximum Gasteiger partial charge on any atom is 0.390 e. The maximum atomic E-state index is 12.2. The average molecular weight is 395 g/mol. The second-order valence-corrected chi connectivity index (χ2v) is 7.04. The summed E-state index contributed by atoms with van der Waals surface area (Å²) in [6.07, 6.45) is -1.59. The summed E-state index contributed by atoms with van der Waals surface area (Å²) in [4.78, 5) is 4.33. The summed E-state index contributed by atoms with van der Waals surface area (Å²) in [5.41, 5.74) is 0. The van der Waals surface area contributed by atoms with E-state index in [2.05, 4.69) is 44.2 Å². The number of guanidine groups is 1. The average Bonchev–Trinajstić information content (AvgIpc) is 2.91. The largest absolute Gasteiger partial charge is 0.390 e. The molecule has 6 nitrogen and oxygen atoms in total. The van der Waals surface area contributed by atoms with Crippen molar-refractivity contribution in [3.05, 3.63) is 5.82 Å². The van der Waals surface area contributed by atoms with Gasteiger partial charge in [0.25, 0.3) is 0 Å². The summed E-state index contributed by atoms with van der Waals surface area (Å²) in [7, 11) is 0. The van der Waals surface area contributed by atoms with Gasteiger partial charge in [-0.05, 0) is 25.5 Å². The first-order valence-corrected chi connectivity index (χ1v) is 10.0. The fraction of sp³-hybridized carbons (Fsp3) is 0.812. The Morgan fingerprint density at radius 2 is 2.00 bits per heavy atom. The molecule has 0 radical (unpaired) electrons. The molecule has 0 amide bonds. The van der Waals surface area contributed by atoms with E-state index in [1.807, 2.05) is 13.2 Å². The van der Waals surface area contributed by atoms with E-state index in [9.17, 15) is 13.2 Å². The molecule has 0 unspecified atom stereocenters. The zero-order chi connectivity index (χ0) is 19.6. The second-order valence-electron chi connectivity index (χ2n) is 6.26. The van der Waals surface area contributed by atoms with E-state index in [1.54, 1.807) is 11.8 Å². The van der Waals surface area contributed by atoms with Crippen LogP contribution in [0.3, 0.4) is 0 Å². The Morgan fingerprint density at radius 1 is 1.27 bits per heavy atom. The van der Waals surface area contributed by atoms with Crippen LogP contribution < -0.4 is 10.6 Å².